The first-order valence-corrected chi connectivity index (χ1v) is 9.05. The number of guanidine groups is 1. The quantitative estimate of drug-likeness (QED) is 0.383. The fourth-order valence-corrected chi connectivity index (χ4v) is 3.15. The van der Waals surface area contributed by atoms with E-state index in [-0.39, 0.29) is 30.0 Å². The third-order valence-corrected chi connectivity index (χ3v) is 4.41. The Bertz CT molecular complexity index is 478. The number of hydrogen-bond acceptors (Lipinski definition) is 2. The summed E-state index contributed by atoms with van der Waals surface area (Å²) in [5, 5.41) is 6.89. The minimum absolute atomic E-state index is 0. The molecule has 2 N–H and O–H groups in total. The van der Waals surface area contributed by atoms with Crippen molar-refractivity contribution < 1.29 is 0 Å². The Kier molecular flexibility index (Phi) is 10.3. The lowest BCUT2D eigenvalue weighted by Gasteiger charge is -2.19. The van der Waals surface area contributed by atoms with Gasteiger partial charge in [-0.1, -0.05) is 37.3 Å². The number of nitrogens with one attached hydrogen (secondary N) is 2. The second-order valence-electron chi connectivity index (χ2n) is 6.45. The van der Waals surface area contributed by atoms with Crippen LogP contribution in [-0.4, -0.2) is 43.6 Å². The summed E-state index contributed by atoms with van der Waals surface area (Å²) in [6, 6.07) is 10.8. The third-order valence-electron chi connectivity index (χ3n) is 4.41. The molecule has 1 aliphatic rings. The van der Waals surface area contributed by atoms with Crippen molar-refractivity contribution in [3.63, 3.8) is 0 Å². The largest absolute Gasteiger partial charge is 0.357 e. The van der Waals surface area contributed by atoms with Gasteiger partial charge in [-0.05, 0) is 51.3 Å². The lowest BCUT2D eigenvalue weighted by Crippen LogP contribution is -2.39. The lowest BCUT2D eigenvalue weighted by atomic mass is 10.1. The maximum atomic E-state index is 4.82. The number of nitrogens with zero attached hydrogens (tertiary/aromatic N) is 2. The van der Waals surface area contributed by atoms with Crippen molar-refractivity contribution in [1.29, 1.82) is 0 Å². The molecule has 4 nitrogen and oxygen atoms in total. The fraction of sp³-hybridized carbons (Fsp3) is 0.632. The van der Waals surface area contributed by atoms with Gasteiger partial charge < -0.3 is 15.5 Å². The van der Waals surface area contributed by atoms with Crippen LogP contribution in [0.15, 0.2) is 35.3 Å². The molecule has 1 fully saturated rings. The van der Waals surface area contributed by atoms with Crippen LogP contribution in [0.1, 0.15) is 45.2 Å². The maximum Gasteiger partial charge on any atom is 0.191 e. The smallest absolute Gasteiger partial charge is 0.191 e. The van der Waals surface area contributed by atoms with Crippen LogP contribution in [0, 0.1) is 5.92 Å². The average Bonchev–Trinajstić information content (AvgIpc) is 3.01. The highest BCUT2D eigenvalue weighted by Gasteiger charge is 2.21. The monoisotopic (exact) mass is 444 g/mol. The highest BCUT2D eigenvalue weighted by molar-refractivity contribution is 14.0. The van der Waals surface area contributed by atoms with Gasteiger partial charge in [0, 0.05) is 19.6 Å². The highest BCUT2D eigenvalue weighted by Crippen LogP contribution is 2.16. The van der Waals surface area contributed by atoms with E-state index in [4.69, 9.17) is 4.99 Å². The summed E-state index contributed by atoms with van der Waals surface area (Å²) in [6.07, 6.45) is 2.52. The zero-order valence-corrected chi connectivity index (χ0v) is 17.6. The molecule has 0 bridgehead atoms. The van der Waals surface area contributed by atoms with E-state index >= 15 is 0 Å². The van der Waals surface area contributed by atoms with Gasteiger partial charge in [-0.3, -0.25) is 4.99 Å². The van der Waals surface area contributed by atoms with Crippen molar-refractivity contribution >= 4 is 29.9 Å². The molecule has 1 saturated heterocycles. The summed E-state index contributed by atoms with van der Waals surface area (Å²) < 4.78 is 0. The van der Waals surface area contributed by atoms with Crippen molar-refractivity contribution in [2.45, 2.75) is 39.7 Å². The van der Waals surface area contributed by atoms with Crippen LogP contribution in [-0.2, 0) is 0 Å². The Morgan fingerprint density at radius 1 is 1.29 bits per heavy atom. The Morgan fingerprint density at radius 3 is 2.71 bits per heavy atom. The van der Waals surface area contributed by atoms with E-state index in [1.807, 2.05) is 0 Å². The van der Waals surface area contributed by atoms with Crippen molar-refractivity contribution in [3.05, 3.63) is 35.9 Å². The first-order valence-electron chi connectivity index (χ1n) is 9.05. The molecule has 2 rings (SSSR count). The van der Waals surface area contributed by atoms with Crippen LogP contribution in [0.4, 0.5) is 0 Å². The summed E-state index contributed by atoms with van der Waals surface area (Å²) in [4.78, 5) is 7.39. The first kappa shape index (κ1) is 21.2. The topological polar surface area (TPSA) is 39.7 Å². The van der Waals surface area contributed by atoms with E-state index in [0.29, 0.717) is 5.92 Å². The predicted octanol–water partition coefficient (Wildman–Crippen LogP) is 3.65. The van der Waals surface area contributed by atoms with Gasteiger partial charge in [-0.25, -0.2) is 0 Å². The van der Waals surface area contributed by atoms with Crippen LogP contribution in [0.2, 0.25) is 0 Å². The fourth-order valence-electron chi connectivity index (χ4n) is 3.15. The summed E-state index contributed by atoms with van der Waals surface area (Å²) in [7, 11) is 0. The van der Waals surface area contributed by atoms with Gasteiger partial charge in [-0.2, -0.15) is 0 Å². The molecule has 0 aliphatic carbocycles. The van der Waals surface area contributed by atoms with Crippen molar-refractivity contribution in [2.24, 2.45) is 10.9 Å². The second-order valence-corrected chi connectivity index (χ2v) is 6.45. The Labute approximate surface area is 164 Å². The van der Waals surface area contributed by atoms with Crippen LogP contribution >= 0.6 is 24.0 Å². The summed E-state index contributed by atoms with van der Waals surface area (Å²) in [6.45, 7) is 12.0. The Hall–Kier alpha value is -0.820. The molecule has 1 aromatic rings. The number of likely N-dealkylation sites (tertiary alicyclic amines) is 1. The van der Waals surface area contributed by atoms with E-state index in [9.17, 15) is 0 Å². The zero-order chi connectivity index (χ0) is 16.5. The maximum absolute atomic E-state index is 4.82. The Morgan fingerprint density at radius 2 is 2.04 bits per heavy atom. The van der Waals surface area contributed by atoms with Gasteiger partial charge >= 0.3 is 0 Å². The van der Waals surface area contributed by atoms with Gasteiger partial charge in [0.2, 0.25) is 0 Å². The van der Waals surface area contributed by atoms with Gasteiger partial charge in [0.15, 0.2) is 5.96 Å². The SMILES string of the molecule is CCCN1CCC(CN=C(NCC)NC(C)c2ccccc2)C1.I. The summed E-state index contributed by atoms with van der Waals surface area (Å²) in [5.74, 6) is 1.63. The van der Waals surface area contributed by atoms with Crippen LogP contribution < -0.4 is 10.6 Å². The molecule has 0 aromatic heterocycles. The Balaban J connectivity index is 0.00000288. The zero-order valence-electron chi connectivity index (χ0n) is 15.3. The molecule has 2 unspecified atom stereocenters. The molecule has 1 heterocycles. The molecule has 0 spiro atoms. The molecule has 0 saturated carbocycles. The predicted molar refractivity (Wildman–Crippen MR) is 114 cm³/mol. The van der Waals surface area contributed by atoms with E-state index < -0.39 is 0 Å². The molecule has 1 aromatic carbocycles. The average molecular weight is 444 g/mol. The number of benzene rings is 1. The number of aliphatic imine (C=N–C) groups is 1. The summed E-state index contributed by atoms with van der Waals surface area (Å²) in [5.41, 5.74) is 1.29. The molecular weight excluding hydrogens is 411 g/mol. The summed E-state index contributed by atoms with van der Waals surface area (Å²) >= 11 is 0. The minimum atomic E-state index is 0. The van der Waals surface area contributed by atoms with Crippen molar-refractivity contribution in [1.82, 2.24) is 15.5 Å². The van der Waals surface area contributed by atoms with Gasteiger partial charge in [0.05, 0.1) is 6.04 Å². The number of rotatable bonds is 7. The third kappa shape index (κ3) is 6.97. The molecule has 136 valence electrons. The van der Waals surface area contributed by atoms with Gasteiger partial charge in [0.25, 0.3) is 0 Å². The van der Waals surface area contributed by atoms with E-state index in [2.05, 4.69) is 66.6 Å². The van der Waals surface area contributed by atoms with Crippen LogP contribution in [0.5, 0.6) is 0 Å². The van der Waals surface area contributed by atoms with Gasteiger partial charge in [0.1, 0.15) is 0 Å². The van der Waals surface area contributed by atoms with E-state index in [1.165, 1.54) is 38.0 Å². The molecule has 24 heavy (non-hydrogen) atoms. The molecular formula is C19H33IN4. The van der Waals surface area contributed by atoms with Gasteiger partial charge in [-0.15, -0.1) is 24.0 Å². The molecule has 5 heteroatoms. The first-order chi connectivity index (χ1) is 11.2. The highest BCUT2D eigenvalue weighted by atomic mass is 127. The molecule has 1 aliphatic heterocycles. The number of hydrogen-bond donors (Lipinski definition) is 2. The molecule has 0 amide bonds. The second kappa shape index (κ2) is 11.7. The molecule has 0 radical (unpaired) electrons. The van der Waals surface area contributed by atoms with E-state index in [0.717, 1.165) is 19.0 Å². The van der Waals surface area contributed by atoms with Crippen LogP contribution in [0.25, 0.3) is 0 Å². The minimum Gasteiger partial charge on any atom is -0.357 e. The normalized spacial score (nSPS) is 19.6. The molecule has 2 atom stereocenters. The van der Waals surface area contributed by atoms with Crippen molar-refractivity contribution in [3.8, 4) is 0 Å². The number of halogens is 1. The van der Waals surface area contributed by atoms with E-state index in [1.54, 1.807) is 0 Å². The van der Waals surface area contributed by atoms with Crippen molar-refractivity contribution in [2.75, 3.05) is 32.7 Å². The standard InChI is InChI=1S/C19H32N4.HI/c1-4-12-23-13-11-17(15-23)14-21-19(20-5-2)22-16(3)18-9-7-6-8-10-18;/h6-10,16-17H,4-5,11-15H2,1-3H3,(H2,20,21,22);1H. The van der Waals surface area contributed by atoms with Crippen LogP contribution in [0.3, 0.4) is 0 Å². The lowest BCUT2D eigenvalue weighted by molar-refractivity contribution is 0.326.